The molecule has 2 aromatic rings. The molecule has 0 saturated carbocycles. The zero-order valence-corrected chi connectivity index (χ0v) is 9.23. The van der Waals surface area contributed by atoms with Gasteiger partial charge in [-0.3, -0.25) is 0 Å². The lowest BCUT2D eigenvalue weighted by Gasteiger charge is -2.13. The summed E-state index contributed by atoms with van der Waals surface area (Å²) in [5.41, 5.74) is 1.07. The average molecular weight is 212 g/mol. The largest absolute Gasteiger partial charge is 0.360 e. The molecule has 0 radical (unpaired) electrons. The number of H-pyrrole nitrogens is 1. The quantitative estimate of drug-likeness (QED) is 0.830. The highest BCUT2D eigenvalue weighted by Gasteiger charge is 2.23. The van der Waals surface area contributed by atoms with E-state index in [2.05, 4.69) is 21.0 Å². The van der Waals surface area contributed by atoms with Crippen LogP contribution in [0.1, 0.15) is 19.7 Å². The van der Waals surface area contributed by atoms with Crippen molar-refractivity contribution in [1.82, 2.24) is 15.0 Å². The van der Waals surface area contributed by atoms with Gasteiger partial charge in [-0.1, -0.05) is 0 Å². The van der Waals surface area contributed by atoms with E-state index in [1.165, 1.54) is 0 Å². The molecular weight excluding hydrogens is 200 g/mol. The van der Waals surface area contributed by atoms with Crippen molar-refractivity contribution in [2.24, 2.45) is 0 Å². The normalized spacial score (nSPS) is 11.1. The van der Waals surface area contributed by atoms with Gasteiger partial charge in [0.2, 0.25) is 0 Å². The molecule has 2 heterocycles. The minimum absolute atomic E-state index is 0.544. The summed E-state index contributed by atoms with van der Waals surface area (Å²) in [7, 11) is 0. The number of hydrogen-bond acceptors (Lipinski definition) is 3. The van der Waals surface area contributed by atoms with E-state index in [1.54, 1.807) is 20.0 Å². The second kappa shape index (κ2) is 3.78. The molecule has 0 atom stereocenters. The molecule has 0 aliphatic carbocycles. The molecule has 4 nitrogen and oxygen atoms in total. The van der Waals surface area contributed by atoms with Gasteiger partial charge in [-0.15, -0.1) is 0 Å². The van der Waals surface area contributed by atoms with Crippen LogP contribution in [0.3, 0.4) is 0 Å². The van der Waals surface area contributed by atoms with Gasteiger partial charge in [-0.05, 0) is 32.0 Å². The summed E-state index contributed by atoms with van der Waals surface area (Å²) >= 11 is 0. The van der Waals surface area contributed by atoms with Crippen molar-refractivity contribution in [2.45, 2.75) is 19.3 Å². The van der Waals surface area contributed by atoms with Crippen molar-refractivity contribution < 1.29 is 0 Å². The van der Waals surface area contributed by atoms with Crippen LogP contribution >= 0.6 is 0 Å². The maximum Gasteiger partial charge on any atom is 0.148 e. The number of nitrogens with one attached hydrogen (secondary N) is 1. The SMILES string of the molecule is CC(C)(C#N)c1nccc(-c2ccc[nH]2)n1. The molecule has 0 aliphatic rings. The van der Waals surface area contributed by atoms with Crippen LogP contribution in [0, 0.1) is 11.3 Å². The molecule has 2 aromatic heterocycles. The van der Waals surface area contributed by atoms with Crippen molar-refractivity contribution in [2.75, 3.05) is 0 Å². The summed E-state index contributed by atoms with van der Waals surface area (Å²) in [6, 6.07) is 7.86. The van der Waals surface area contributed by atoms with Gasteiger partial charge in [-0.25, -0.2) is 9.97 Å². The number of aromatic nitrogens is 3. The predicted molar refractivity (Wildman–Crippen MR) is 60.5 cm³/mol. The third-order valence-corrected chi connectivity index (χ3v) is 2.37. The lowest BCUT2D eigenvalue weighted by atomic mass is 9.95. The number of aromatic amines is 1. The van der Waals surface area contributed by atoms with Gasteiger partial charge < -0.3 is 4.98 Å². The van der Waals surface area contributed by atoms with Crippen molar-refractivity contribution in [3.05, 3.63) is 36.4 Å². The summed E-state index contributed by atoms with van der Waals surface area (Å²) < 4.78 is 0. The fraction of sp³-hybridized carbons (Fsp3) is 0.250. The summed E-state index contributed by atoms with van der Waals surface area (Å²) in [6.45, 7) is 3.61. The first-order chi connectivity index (χ1) is 7.63. The summed E-state index contributed by atoms with van der Waals surface area (Å²) in [4.78, 5) is 11.6. The highest BCUT2D eigenvalue weighted by atomic mass is 14.9. The van der Waals surface area contributed by atoms with Crippen molar-refractivity contribution >= 4 is 0 Å². The van der Waals surface area contributed by atoms with E-state index >= 15 is 0 Å². The highest BCUT2D eigenvalue weighted by molar-refractivity contribution is 5.53. The molecule has 0 fully saturated rings. The Morgan fingerprint density at radius 1 is 1.38 bits per heavy atom. The van der Waals surface area contributed by atoms with Gasteiger partial charge in [0.05, 0.1) is 17.5 Å². The maximum absolute atomic E-state index is 9.03. The summed E-state index contributed by atoms with van der Waals surface area (Å²) in [5.74, 6) is 0.544. The molecule has 0 saturated heterocycles. The Balaban J connectivity index is 2.46. The van der Waals surface area contributed by atoms with Crippen LogP contribution in [0.2, 0.25) is 0 Å². The Bertz CT molecular complexity index is 520. The third-order valence-electron chi connectivity index (χ3n) is 2.37. The van der Waals surface area contributed by atoms with Crippen molar-refractivity contribution in [3.8, 4) is 17.5 Å². The molecule has 4 heteroatoms. The third kappa shape index (κ3) is 1.80. The van der Waals surface area contributed by atoms with Crippen LogP contribution in [-0.2, 0) is 5.41 Å². The minimum atomic E-state index is -0.664. The molecule has 2 rings (SSSR count). The first-order valence-electron chi connectivity index (χ1n) is 5.02. The van der Waals surface area contributed by atoms with E-state index in [0.717, 1.165) is 11.4 Å². The number of rotatable bonds is 2. The second-order valence-corrected chi connectivity index (χ2v) is 4.09. The van der Waals surface area contributed by atoms with Gasteiger partial charge >= 0.3 is 0 Å². The Hall–Kier alpha value is -2.15. The fourth-order valence-electron chi connectivity index (χ4n) is 1.35. The van der Waals surface area contributed by atoms with Crippen LogP contribution in [0.4, 0.5) is 0 Å². The lowest BCUT2D eigenvalue weighted by Crippen LogP contribution is -2.18. The number of nitrogens with zero attached hydrogens (tertiary/aromatic N) is 3. The number of hydrogen-bond donors (Lipinski definition) is 1. The molecule has 0 aromatic carbocycles. The Morgan fingerprint density at radius 2 is 2.19 bits per heavy atom. The predicted octanol–water partition coefficient (Wildman–Crippen LogP) is 2.27. The Kier molecular flexibility index (Phi) is 2.45. The van der Waals surface area contributed by atoms with Crippen molar-refractivity contribution in [1.29, 1.82) is 5.26 Å². The first kappa shape index (κ1) is 10.4. The second-order valence-electron chi connectivity index (χ2n) is 4.09. The topological polar surface area (TPSA) is 65.4 Å². The van der Waals surface area contributed by atoms with E-state index in [1.807, 2.05) is 24.4 Å². The molecule has 0 aliphatic heterocycles. The Labute approximate surface area is 94.0 Å². The highest BCUT2D eigenvalue weighted by Crippen LogP contribution is 2.21. The zero-order valence-electron chi connectivity index (χ0n) is 9.23. The van der Waals surface area contributed by atoms with Crippen LogP contribution < -0.4 is 0 Å². The monoisotopic (exact) mass is 212 g/mol. The maximum atomic E-state index is 9.03. The molecule has 1 N–H and O–H groups in total. The van der Waals surface area contributed by atoms with E-state index in [4.69, 9.17) is 5.26 Å². The lowest BCUT2D eigenvalue weighted by molar-refractivity contribution is 0.629. The van der Waals surface area contributed by atoms with Crippen LogP contribution in [0.15, 0.2) is 30.6 Å². The first-order valence-corrected chi connectivity index (χ1v) is 5.02. The molecular formula is C12H12N4. The van der Waals surface area contributed by atoms with Gasteiger partial charge in [0, 0.05) is 12.4 Å². The number of nitriles is 1. The van der Waals surface area contributed by atoms with E-state index in [-0.39, 0.29) is 0 Å². The fourth-order valence-corrected chi connectivity index (χ4v) is 1.35. The standard InChI is InChI=1S/C12H12N4/c1-12(2,8-13)11-15-7-5-10(16-11)9-4-3-6-14-9/h3-7,14H,1-2H3. The summed E-state index contributed by atoms with van der Waals surface area (Å²) in [6.07, 6.45) is 3.52. The average Bonchev–Trinajstić information content (AvgIpc) is 2.83. The molecule has 16 heavy (non-hydrogen) atoms. The van der Waals surface area contributed by atoms with E-state index in [0.29, 0.717) is 5.82 Å². The van der Waals surface area contributed by atoms with Gasteiger partial charge in [0.25, 0.3) is 0 Å². The molecule has 0 amide bonds. The van der Waals surface area contributed by atoms with Gasteiger partial charge in [-0.2, -0.15) is 5.26 Å². The van der Waals surface area contributed by atoms with Crippen LogP contribution in [0.25, 0.3) is 11.4 Å². The van der Waals surface area contributed by atoms with Crippen LogP contribution in [-0.4, -0.2) is 15.0 Å². The summed E-state index contributed by atoms with van der Waals surface area (Å²) in [5, 5.41) is 9.03. The van der Waals surface area contributed by atoms with Crippen LogP contribution in [0.5, 0.6) is 0 Å². The van der Waals surface area contributed by atoms with E-state index in [9.17, 15) is 0 Å². The minimum Gasteiger partial charge on any atom is -0.360 e. The molecule has 0 spiro atoms. The van der Waals surface area contributed by atoms with Gasteiger partial charge in [0.15, 0.2) is 0 Å². The Morgan fingerprint density at radius 3 is 2.81 bits per heavy atom. The molecule has 0 bridgehead atoms. The van der Waals surface area contributed by atoms with E-state index < -0.39 is 5.41 Å². The zero-order chi connectivity index (χ0) is 11.6. The van der Waals surface area contributed by atoms with Gasteiger partial charge in [0.1, 0.15) is 11.2 Å². The molecule has 80 valence electrons. The molecule has 0 unspecified atom stereocenters. The smallest absolute Gasteiger partial charge is 0.148 e. The van der Waals surface area contributed by atoms with Crippen molar-refractivity contribution in [3.63, 3.8) is 0 Å².